The molecule has 0 amide bonds. The van der Waals surface area contributed by atoms with Gasteiger partial charge in [0.25, 0.3) is 0 Å². The maximum absolute atomic E-state index is 11.7. The predicted molar refractivity (Wildman–Crippen MR) is 134 cm³/mol. The van der Waals surface area contributed by atoms with Gasteiger partial charge in [0.15, 0.2) is 0 Å². The second-order valence-electron chi connectivity index (χ2n) is 15.9. The first-order valence-electron chi connectivity index (χ1n) is 14.4. The minimum Gasteiger partial charge on any atom is -0.393 e. The van der Waals surface area contributed by atoms with E-state index in [0.29, 0.717) is 5.92 Å². The van der Waals surface area contributed by atoms with Crippen LogP contribution in [0.2, 0.25) is 0 Å². The van der Waals surface area contributed by atoms with Crippen LogP contribution in [-0.2, 0) is 4.74 Å². The molecule has 4 N–H and O–H groups in total. The van der Waals surface area contributed by atoms with E-state index < -0.39 is 23.4 Å². The van der Waals surface area contributed by atoms with Gasteiger partial charge in [-0.1, -0.05) is 27.7 Å². The summed E-state index contributed by atoms with van der Waals surface area (Å²) in [5, 5.41) is 45.0. The van der Waals surface area contributed by atoms with Gasteiger partial charge in [0.1, 0.15) is 0 Å². The summed E-state index contributed by atoms with van der Waals surface area (Å²) in [4.78, 5) is 0. The van der Waals surface area contributed by atoms with Gasteiger partial charge in [0, 0.05) is 5.92 Å². The van der Waals surface area contributed by atoms with Crippen molar-refractivity contribution in [1.82, 2.24) is 0 Å². The highest BCUT2D eigenvalue weighted by Crippen LogP contribution is 2.89. The van der Waals surface area contributed by atoms with Crippen LogP contribution < -0.4 is 0 Å². The molecule has 0 aromatic carbocycles. The van der Waals surface area contributed by atoms with Crippen molar-refractivity contribution in [2.24, 2.45) is 44.8 Å². The molecule has 0 bridgehead atoms. The van der Waals surface area contributed by atoms with E-state index in [1.165, 1.54) is 6.42 Å². The molecule has 5 saturated carbocycles. The van der Waals surface area contributed by atoms with Gasteiger partial charge < -0.3 is 25.2 Å². The zero-order valence-corrected chi connectivity index (χ0v) is 23.1. The Bertz CT molecular complexity index is 911. The second-order valence-corrected chi connectivity index (χ2v) is 15.9. The van der Waals surface area contributed by atoms with Gasteiger partial charge in [0.2, 0.25) is 0 Å². The number of hydrogen-bond donors (Lipinski definition) is 4. The Balaban J connectivity index is 1.37. The van der Waals surface area contributed by atoms with E-state index in [0.717, 1.165) is 51.4 Å². The molecule has 200 valence electrons. The third-order valence-electron chi connectivity index (χ3n) is 13.8. The molecule has 5 heteroatoms. The largest absolute Gasteiger partial charge is 0.393 e. The van der Waals surface area contributed by atoms with E-state index >= 15 is 0 Å². The van der Waals surface area contributed by atoms with Crippen molar-refractivity contribution in [3.05, 3.63) is 0 Å². The monoisotopic (exact) mass is 490 g/mol. The van der Waals surface area contributed by atoms with E-state index in [4.69, 9.17) is 4.74 Å². The summed E-state index contributed by atoms with van der Waals surface area (Å²) in [6.07, 6.45) is 7.18. The van der Waals surface area contributed by atoms with Crippen LogP contribution >= 0.6 is 0 Å². The van der Waals surface area contributed by atoms with Gasteiger partial charge in [-0.25, -0.2) is 0 Å². The van der Waals surface area contributed by atoms with Crippen LogP contribution in [0.25, 0.3) is 0 Å². The summed E-state index contributed by atoms with van der Waals surface area (Å²) in [6.45, 7) is 15.0. The Labute approximate surface area is 212 Å². The number of hydrogen-bond acceptors (Lipinski definition) is 5. The molecule has 0 aromatic rings. The molecule has 2 unspecified atom stereocenters. The zero-order chi connectivity index (χ0) is 25.6. The van der Waals surface area contributed by atoms with Gasteiger partial charge in [-0.3, -0.25) is 0 Å². The van der Waals surface area contributed by atoms with E-state index in [2.05, 4.69) is 34.6 Å². The molecule has 12 atom stereocenters. The van der Waals surface area contributed by atoms with Crippen LogP contribution in [0.15, 0.2) is 0 Å². The predicted octanol–water partition coefficient (Wildman–Crippen LogP) is 4.44. The Hall–Kier alpha value is -0.200. The van der Waals surface area contributed by atoms with Crippen LogP contribution in [-0.4, -0.2) is 56.0 Å². The SMILES string of the molecule is CC(C)(O)[C@@H]1CC[C@](C)([C@H]2[C@@H](O)C[C@@]3(C)[C@@H]4C[C@H](O)[C@H]5C(C)(C)C(O)CC[C@@]56CC46CC[C@]23C)O1. The second kappa shape index (κ2) is 6.86. The van der Waals surface area contributed by atoms with Crippen LogP contribution in [0.4, 0.5) is 0 Å². The quantitative estimate of drug-likeness (QED) is 0.460. The average molecular weight is 491 g/mol. The molecule has 0 radical (unpaired) electrons. The fraction of sp³-hybridized carbons (Fsp3) is 1.00. The molecular weight excluding hydrogens is 440 g/mol. The molecule has 6 aliphatic rings. The first-order chi connectivity index (χ1) is 16.0. The van der Waals surface area contributed by atoms with E-state index in [-0.39, 0.29) is 51.1 Å². The molecule has 5 aliphatic carbocycles. The average Bonchev–Trinajstić information content (AvgIpc) is 3.08. The maximum Gasteiger partial charge on any atom is 0.0865 e. The molecule has 6 fully saturated rings. The number of ether oxygens (including phenoxy) is 1. The topological polar surface area (TPSA) is 90.2 Å². The first kappa shape index (κ1) is 25.1. The van der Waals surface area contributed by atoms with Crippen molar-refractivity contribution < 1.29 is 25.2 Å². The van der Waals surface area contributed by atoms with Crippen molar-refractivity contribution in [3.8, 4) is 0 Å². The summed E-state index contributed by atoms with van der Waals surface area (Å²) in [5.74, 6) is 0.577. The third-order valence-corrected chi connectivity index (χ3v) is 13.8. The third kappa shape index (κ3) is 2.78. The molecule has 1 saturated heterocycles. The van der Waals surface area contributed by atoms with Crippen LogP contribution in [0.1, 0.15) is 106 Å². The fourth-order valence-corrected chi connectivity index (χ4v) is 12.1. The van der Waals surface area contributed by atoms with Crippen molar-refractivity contribution in [3.63, 3.8) is 0 Å². The molecular formula is C30H50O5. The normalized spacial score (nSPS) is 60.9. The van der Waals surface area contributed by atoms with Gasteiger partial charge in [-0.15, -0.1) is 0 Å². The minimum atomic E-state index is -0.886. The lowest BCUT2D eigenvalue weighted by molar-refractivity contribution is -0.213. The van der Waals surface area contributed by atoms with E-state index in [1.807, 2.05) is 13.8 Å². The maximum atomic E-state index is 11.7. The fourth-order valence-electron chi connectivity index (χ4n) is 12.1. The smallest absolute Gasteiger partial charge is 0.0865 e. The lowest BCUT2D eigenvalue weighted by Gasteiger charge is -2.64. The molecule has 2 spiro atoms. The number of rotatable bonds is 2. The lowest BCUT2D eigenvalue weighted by atomic mass is 9.41. The van der Waals surface area contributed by atoms with Gasteiger partial charge >= 0.3 is 0 Å². The summed E-state index contributed by atoms with van der Waals surface area (Å²) >= 11 is 0. The van der Waals surface area contributed by atoms with Crippen LogP contribution in [0.3, 0.4) is 0 Å². The summed E-state index contributed by atoms with van der Waals surface area (Å²) in [7, 11) is 0. The van der Waals surface area contributed by atoms with Crippen LogP contribution in [0.5, 0.6) is 0 Å². The van der Waals surface area contributed by atoms with Crippen molar-refractivity contribution >= 4 is 0 Å². The van der Waals surface area contributed by atoms with Crippen molar-refractivity contribution in [2.75, 3.05) is 0 Å². The van der Waals surface area contributed by atoms with Gasteiger partial charge in [-0.2, -0.15) is 0 Å². The molecule has 35 heavy (non-hydrogen) atoms. The highest BCUT2D eigenvalue weighted by atomic mass is 16.5. The molecule has 1 heterocycles. The number of aliphatic hydroxyl groups excluding tert-OH is 3. The number of fused-ring (bicyclic) bond motifs is 2. The lowest BCUT2D eigenvalue weighted by Crippen LogP contribution is -2.62. The molecule has 1 aliphatic heterocycles. The summed E-state index contributed by atoms with van der Waals surface area (Å²) in [5.41, 5.74) is -1.35. The molecule has 6 rings (SSSR count). The summed E-state index contributed by atoms with van der Waals surface area (Å²) < 4.78 is 6.66. The molecule has 0 aromatic heterocycles. The first-order valence-corrected chi connectivity index (χ1v) is 14.4. The van der Waals surface area contributed by atoms with E-state index in [1.54, 1.807) is 0 Å². The molecule has 5 nitrogen and oxygen atoms in total. The standard InChI is InChI=1S/C30H50O5/c1-24(2)20(33)8-11-30-16-29(30)13-12-26(5)23(28(7)10-9-21(35-28)25(3,4)34)18(32)15-27(26,6)19(29)14-17(31)22(24)30/h17-23,31-34H,8-16H2,1-7H3/t17-,18-,19-,20?,21-,22-,23-,26+,27-,28+,29?,30+/m0/s1. The highest BCUT2D eigenvalue weighted by Gasteiger charge is 2.84. The van der Waals surface area contributed by atoms with Crippen LogP contribution in [0, 0.1) is 44.8 Å². The minimum absolute atomic E-state index is 0.0267. The van der Waals surface area contributed by atoms with E-state index in [9.17, 15) is 20.4 Å². The van der Waals surface area contributed by atoms with Gasteiger partial charge in [-0.05, 0) is 117 Å². The van der Waals surface area contributed by atoms with Crippen molar-refractivity contribution in [1.29, 1.82) is 0 Å². The van der Waals surface area contributed by atoms with Crippen molar-refractivity contribution in [2.45, 2.75) is 142 Å². The Morgan fingerprint density at radius 1 is 0.771 bits per heavy atom. The van der Waals surface area contributed by atoms with Gasteiger partial charge in [0.05, 0.1) is 35.6 Å². The Morgan fingerprint density at radius 3 is 2.09 bits per heavy atom. The zero-order valence-electron chi connectivity index (χ0n) is 23.1. The summed E-state index contributed by atoms with van der Waals surface area (Å²) in [6, 6.07) is 0. The Morgan fingerprint density at radius 2 is 1.46 bits per heavy atom. The number of aliphatic hydroxyl groups is 4. The Kier molecular flexibility index (Phi) is 4.92. The highest BCUT2D eigenvalue weighted by molar-refractivity contribution is 5.33.